The van der Waals surface area contributed by atoms with Crippen molar-refractivity contribution in [2.24, 2.45) is 0 Å². The average molecular weight is 305 g/mol. The van der Waals surface area contributed by atoms with Gasteiger partial charge in [0.05, 0.1) is 17.7 Å². The first kappa shape index (κ1) is 14.7. The number of hydrogen-bond donors (Lipinski definition) is 2. The number of carbonyl (C=O) groups excluding carboxylic acids is 1. The van der Waals surface area contributed by atoms with E-state index in [4.69, 9.17) is 16.6 Å². The van der Waals surface area contributed by atoms with Crippen molar-refractivity contribution in [1.82, 2.24) is 10.6 Å². The first-order valence-corrected chi connectivity index (χ1v) is 6.33. The van der Waals surface area contributed by atoms with Gasteiger partial charge in [-0.2, -0.15) is 0 Å². The van der Waals surface area contributed by atoms with E-state index in [2.05, 4.69) is 10.6 Å². The fourth-order valence-corrected chi connectivity index (χ4v) is 1.73. The van der Waals surface area contributed by atoms with Crippen LogP contribution in [0.15, 0.2) is 47.1 Å². The third kappa shape index (κ3) is 4.11. The molecule has 8 heteroatoms. The molecular weight excluding hydrogens is 294 g/mol. The summed E-state index contributed by atoms with van der Waals surface area (Å²) in [6.07, 6.45) is 1.53. The predicted octanol–water partition coefficient (Wildman–Crippen LogP) is 1.99. The van der Waals surface area contributed by atoms with Crippen LogP contribution in [0.5, 0.6) is 0 Å². The standard InChI is InChI=1S/C13H11N3O4S/c17-12(9-3-1-4-10(7-9)16(18)19)15-13(21)14-8-11-5-2-6-20-11/h1-7H,8H2,(H2,14,15,17,21). The van der Waals surface area contributed by atoms with Gasteiger partial charge < -0.3 is 9.73 Å². The molecule has 2 aromatic rings. The highest BCUT2D eigenvalue weighted by molar-refractivity contribution is 7.80. The Balaban J connectivity index is 1.93. The average Bonchev–Trinajstić information content (AvgIpc) is 2.98. The molecule has 2 N–H and O–H groups in total. The van der Waals surface area contributed by atoms with Gasteiger partial charge in [0, 0.05) is 17.7 Å². The quantitative estimate of drug-likeness (QED) is 0.509. The van der Waals surface area contributed by atoms with Crippen LogP contribution in [0.25, 0.3) is 0 Å². The number of amides is 1. The van der Waals surface area contributed by atoms with E-state index in [0.717, 1.165) is 0 Å². The van der Waals surface area contributed by atoms with Crippen molar-refractivity contribution in [2.75, 3.05) is 0 Å². The summed E-state index contributed by atoms with van der Waals surface area (Å²) < 4.78 is 5.11. The van der Waals surface area contributed by atoms with Crippen molar-refractivity contribution in [3.63, 3.8) is 0 Å². The van der Waals surface area contributed by atoms with Crippen molar-refractivity contribution < 1.29 is 14.1 Å². The maximum atomic E-state index is 11.9. The molecule has 0 bridgehead atoms. The molecule has 2 rings (SSSR count). The Kier molecular flexibility index (Phi) is 4.62. The molecule has 0 saturated carbocycles. The van der Waals surface area contributed by atoms with Gasteiger partial charge in [0.15, 0.2) is 5.11 Å². The molecule has 0 atom stereocenters. The van der Waals surface area contributed by atoms with Gasteiger partial charge in [-0.15, -0.1) is 0 Å². The zero-order valence-electron chi connectivity index (χ0n) is 10.7. The van der Waals surface area contributed by atoms with E-state index in [9.17, 15) is 14.9 Å². The van der Waals surface area contributed by atoms with Crippen molar-refractivity contribution in [3.8, 4) is 0 Å². The lowest BCUT2D eigenvalue weighted by molar-refractivity contribution is -0.384. The van der Waals surface area contributed by atoms with Crippen LogP contribution in [0, 0.1) is 10.1 Å². The fourth-order valence-electron chi connectivity index (χ4n) is 1.56. The summed E-state index contributed by atoms with van der Waals surface area (Å²) in [5.74, 6) is 0.151. The molecule has 0 spiro atoms. The van der Waals surface area contributed by atoms with Gasteiger partial charge in [0.25, 0.3) is 11.6 Å². The molecule has 0 fully saturated rings. The van der Waals surface area contributed by atoms with Gasteiger partial charge in [-0.1, -0.05) is 6.07 Å². The summed E-state index contributed by atoms with van der Waals surface area (Å²) in [6.45, 7) is 0.334. The Labute approximate surface area is 125 Å². The van der Waals surface area contributed by atoms with E-state index in [0.29, 0.717) is 12.3 Å². The monoisotopic (exact) mass is 305 g/mol. The Morgan fingerprint density at radius 2 is 2.14 bits per heavy atom. The summed E-state index contributed by atoms with van der Waals surface area (Å²) >= 11 is 4.97. The van der Waals surface area contributed by atoms with Crippen LogP contribution in [-0.4, -0.2) is 15.9 Å². The number of nitrogens with one attached hydrogen (secondary N) is 2. The lowest BCUT2D eigenvalue weighted by Gasteiger charge is -2.08. The van der Waals surface area contributed by atoms with E-state index < -0.39 is 10.8 Å². The zero-order valence-corrected chi connectivity index (χ0v) is 11.6. The number of hydrogen-bond acceptors (Lipinski definition) is 5. The normalized spacial score (nSPS) is 9.90. The largest absolute Gasteiger partial charge is 0.467 e. The molecule has 1 aromatic carbocycles. The first-order chi connectivity index (χ1) is 10.1. The Bertz CT molecular complexity index is 670. The van der Waals surface area contributed by atoms with Gasteiger partial charge in [-0.05, 0) is 30.4 Å². The molecule has 1 heterocycles. The summed E-state index contributed by atoms with van der Waals surface area (Å²) in [6, 6.07) is 8.90. The number of non-ortho nitro benzene ring substituents is 1. The molecule has 7 nitrogen and oxygen atoms in total. The van der Waals surface area contributed by atoms with Crippen LogP contribution in [-0.2, 0) is 6.54 Å². The number of furan rings is 1. The molecule has 0 radical (unpaired) electrons. The smallest absolute Gasteiger partial charge is 0.270 e. The van der Waals surface area contributed by atoms with Crippen LogP contribution in [0.4, 0.5) is 5.69 Å². The minimum absolute atomic E-state index is 0.114. The highest BCUT2D eigenvalue weighted by Gasteiger charge is 2.12. The molecule has 108 valence electrons. The van der Waals surface area contributed by atoms with E-state index in [1.165, 1.54) is 30.5 Å². The fraction of sp³-hybridized carbons (Fsp3) is 0.0769. The predicted molar refractivity (Wildman–Crippen MR) is 78.7 cm³/mol. The summed E-state index contributed by atoms with van der Waals surface area (Å²) in [5, 5.41) is 16.0. The lowest BCUT2D eigenvalue weighted by Crippen LogP contribution is -2.38. The lowest BCUT2D eigenvalue weighted by atomic mass is 10.2. The minimum atomic E-state index is -0.565. The second-order valence-electron chi connectivity index (χ2n) is 4.02. The number of nitrogens with zero attached hydrogens (tertiary/aromatic N) is 1. The number of nitro groups is 1. The van der Waals surface area contributed by atoms with E-state index in [1.807, 2.05) is 0 Å². The molecule has 0 saturated heterocycles. The molecule has 0 unspecified atom stereocenters. The van der Waals surface area contributed by atoms with Crippen LogP contribution in [0.3, 0.4) is 0 Å². The SMILES string of the molecule is O=C(NC(=S)NCc1ccco1)c1cccc([N+](=O)[O-])c1. The molecular formula is C13H11N3O4S. The maximum Gasteiger partial charge on any atom is 0.270 e. The number of thiocarbonyl (C=S) groups is 1. The molecule has 0 aliphatic rings. The number of benzene rings is 1. The highest BCUT2D eigenvalue weighted by Crippen LogP contribution is 2.12. The van der Waals surface area contributed by atoms with Gasteiger partial charge in [0.1, 0.15) is 5.76 Å². The van der Waals surface area contributed by atoms with Gasteiger partial charge >= 0.3 is 0 Å². The maximum absolute atomic E-state index is 11.9. The van der Waals surface area contributed by atoms with E-state index in [1.54, 1.807) is 12.1 Å². The second kappa shape index (κ2) is 6.62. The van der Waals surface area contributed by atoms with Crippen LogP contribution in [0.2, 0.25) is 0 Å². The topological polar surface area (TPSA) is 97.4 Å². The van der Waals surface area contributed by atoms with E-state index in [-0.39, 0.29) is 16.4 Å². The molecule has 0 aliphatic carbocycles. The number of rotatable bonds is 4. The Morgan fingerprint density at radius 1 is 1.33 bits per heavy atom. The van der Waals surface area contributed by atoms with Gasteiger partial charge in [0.2, 0.25) is 0 Å². The molecule has 1 amide bonds. The van der Waals surface area contributed by atoms with Crippen LogP contribution in [0.1, 0.15) is 16.1 Å². The van der Waals surface area contributed by atoms with Crippen molar-refractivity contribution >= 4 is 28.9 Å². The summed E-state index contributed by atoms with van der Waals surface area (Å²) in [7, 11) is 0. The summed E-state index contributed by atoms with van der Waals surface area (Å²) in [5.41, 5.74) is 0.00321. The second-order valence-corrected chi connectivity index (χ2v) is 4.43. The molecule has 0 aliphatic heterocycles. The summed E-state index contributed by atoms with van der Waals surface area (Å²) in [4.78, 5) is 22.0. The van der Waals surface area contributed by atoms with Gasteiger partial charge in [-0.25, -0.2) is 0 Å². The number of nitro benzene ring substituents is 1. The third-order valence-electron chi connectivity index (χ3n) is 2.55. The zero-order chi connectivity index (χ0) is 15.2. The Morgan fingerprint density at radius 3 is 2.81 bits per heavy atom. The van der Waals surface area contributed by atoms with Gasteiger partial charge in [-0.3, -0.25) is 20.2 Å². The minimum Gasteiger partial charge on any atom is -0.467 e. The van der Waals surface area contributed by atoms with Crippen molar-refractivity contribution in [3.05, 3.63) is 64.1 Å². The van der Waals surface area contributed by atoms with E-state index >= 15 is 0 Å². The van der Waals surface area contributed by atoms with Crippen LogP contribution < -0.4 is 10.6 Å². The Hall–Kier alpha value is -2.74. The van der Waals surface area contributed by atoms with Crippen molar-refractivity contribution in [1.29, 1.82) is 0 Å². The third-order valence-corrected chi connectivity index (χ3v) is 2.80. The highest BCUT2D eigenvalue weighted by atomic mass is 32.1. The first-order valence-electron chi connectivity index (χ1n) is 5.92. The molecule has 21 heavy (non-hydrogen) atoms. The molecule has 1 aromatic heterocycles. The van der Waals surface area contributed by atoms with Crippen LogP contribution >= 0.6 is 12.2 Å². The number of carbonyl (C=O) groups is 1. The van der Waals surface area contributed by atoms with Crippen molar-refractivity contribution in [2.45, 2.75) is 6.54 Å².